The third kappa shape index (κ3) is 3.84. The van der Waals surface area contributed by atoms with Gasteiger partial charge in [0.1, 0.15) is 5.76 Å². The van der Waals surface area contributed by atoms with Crippen LogP contribution in [0.4, 0.5) is 0 Å². The molecule has 2 rings (SSSR count). The molecular formula is C14H22Br2N2O. The number of halogens is 2. The first kappa shape index (κ1) is 15.5. The zero-order valence-electron chi connectivity index (χ0n) is 11.4. The predicted molar refractivity (Wildman–Crippen MR) is 85.0 cm³/mol. The molecule has 5 heteroatoms. The Morgan fingerprint density at radius 2 is 2.11 bits per heavy atom. The number of hydrogen-bond donors (Lipinski definition) is 1. The molecule has 1 aromatic heterocycles. The molecule has 0 aromatic carbocycles. The molecule has 108 valence electrons. The van der Waals surface area contributed by atoms with Gasteiger partial charge in [0.15, 0.2) is 4.67 Å². The molecule has 0 spiro atoms. The Labute approximate surface area is 132 Å². The molecule has 1 fully saturated rings. The first-order valence-electron chi connectivity index (χ1n) is 7.03. The van der Waals surface area contributed by atoms with Gasteiger partial charge in [0.25, 0.3) is 0 Å². The molecule has 3 nitrogen and oxygen atoms in total. The van der Waals surface area contributed by atoms with Gasteiger partial charge in [-0.05, 0) is 69.8 Å². The van der Waals surface area contributed by atoms with E-state index in [-0.39, 0.29) is 0 Å². The fourth-order valence-electron chi connectivity index (χ4n) is 3.08. The van der Waals surface area contributed by atoms with Crippen molar-refractivity contribution in [1.29, 1.82) is 0 Å². The van der Waals surface area contributed by atoms with Crippen molar-refractivity contribution in [2.75, 3.05) is 13.1 Å². The predicted octanol–water partition coefficient (Wildman–Crippen LogP) is 4.14. The third-order valence-corrected chi connectivity index (χ3v) is 5.81. The number of rotatable bonds is 5. The fourth-order valence-corrected chi connectivity index (χ4v) is 3.74. The van der Waals surface area contributed by atoms with E-state index < -0.39 is 0 Å². The number of furan rings is 1. The maximum absolute atomic E-state index is 5.94. The molecular weight excluding hydrogens is 372 g/mol. The lowest BCUT2D eigenvalue weighted by molar-refractivity contribution is 0.0981. The van der Waals surface area contributed by atoms with Crippen LogP contribution in [0.1, 0.15) is 38.4 Å². The Hall–Kier alpha value is 0.160. The maximum atomic E-state index is 5.94. The maximum Gasteiger partial charge on any atom is 0.183 e. The van der Waals surface area contributed by atoms with Gasteiger partial charge >= 0.3 is 0 Å². The topological polar surface area (TPSA) is 42.4 Å². The summed E-state index contributed by atoms with van der Waals surface area (Å²) in [6.07, 6.45) is 5.18. The zero-order valence-corrected chi connectivity index (χ0v) is 14.5. The first-order chi connectivity index (χ1) is 9.15. The second-order valence-corrected chi connectivity index (χ2v) is 6.82. The van der Waals surface area contributed by atoms with Gasteiger partial charge in [-0.3, -0.25) is 4.90 Å². The lowest BCUT2D eigenvalue weighted by atomic mass is 9.83. The average molecular weight is 394 g/mol. The molecule has 1 heterocycles. The number of nitrogens with zero attached hydrogens (tertiary/aromatic N) is 1. The summed E-state index contributed by atoms with van der Waals surface area (Å²) < 4.78 is 7.46. The Morgan fingerprint density at radius 3 is 2.68 bits per heavy atom. The van der Waals surface area contributed by atoms with Crippen LogP contribution >= 0.6 is 31.9 Å². The molecule has 2 N–H and O–H groups in total. The molecule has 0 amide bonds. The Bertz CT molecular complexity index is 389. The molecule has 1 aromatic rings. The van der Waals surface area contributed by atoms with Crippen LogP contribution in [0.5, 0.6) is 0 Å². The van der Waals surface area contributed by atoms with Crippen molar-refractivity contribution in [2.24, 2.45) is 11.7 Å². The molecule has 0 radical (unpaired) electrons. The van der Waals surface area contributed by atoms with Crippen molar-refractivity contribution < 1.29 is 4.42 Å². The molecule has 0 aliphatic heterocycles. The van der Waals surface area contributed by atoms with E-state index in [0.717, 1.165) is 34.5 Å². The van der Waals surface area contributed by atoms with E-state index in [1.54, 1.807) is 0 Å². The highest BCUT2D eigenvalue weighted by molar-refractivity contribution is 9.13. The second kappa shape index (κ2) is 7.25. The molecule has 2 atom stereocenters. The average Bonchev–Trinajstić information content (AvgIpc) is 2.75. The van der Waals surface area contributed by atoms with Gasteiger partial charge in [0.2, 0.25) is 0 Å². The highest BCUT2D eigenvalue weighted by Crippen LogP contribution is 2.31. The van der Waals surface area contributed by atoms with Gasteiger partial charge in [-0.15, -0.1) is 0 Å². The molecule has 2 unspecified atom stereocenters. The normalized spacial score (nSPS) is 24.1. The van der Waals surface area contributed by atoms with Crippen molar-refractivity contribution in [2.45, 2.75) is 45.2 Å². The van der Waals surface area contributed by atoms with Gasteiger partial charge in [-0.2, -0.15) is 0 Å². The van der Waals surface area contributed by atoms with Crippen molar-refractivity contribution in [3.8, 4) is 0 Å². The highest BCUT2D eigenvalue weighted by atomic mass is 79.9. The Balaban J connectivity index is 2.06. The van der Waals surface area contributed by atoms with E-state index in [2.05, 4.69) is 43.7 Å². The van der Waals surface area contributed by atoms with Gasteiger partial charge in [0, 0.05) is 6.04 Å². The van der Waals surface area contributed by atoms with Crippen LogP contribution in [0.2, 0.25) is 0 Å². The summed E-state index contributed by atoms with van der Waals surface area (Å²) in [5.41, 5.74) is 5.94. The summed E-state index contributed by atoms with van der Waals surface area (Å²) in [4.78, 5) is 2.51. The summed E-state index contributed by atoms with van der Waals surface area (Å²) in [5.74, 6) is 1.64. The standard InChI is InChI=1S/C14H22Br2N2O/c1-2-18(9-11-7-12(15)14(16)19-11)13-6-4-3-5-10(13)8-17/h7,10,13H,2-6,8-9,17H2,1H3. The van der Waals surface area contributed by atoms with Gasteiger partial charge in [0.05, 0.1) is 11.0 Å². The second-order valence-electron chi connectivity index (χ2n) is 5.25. The minimum atomic E-state index is 0.603. The van der Waals surface area contributed by atoms with E-state index in [0.29, 0.717) is 12.0 Å². The Kier molecular flexibility index (Phi) is 5.93. The molecule has 1 aliphatic rings. The smallest absolute Gasteiger partial charge is 0.183 e. The fraction of sp³-hybridized carbons (Fsp3) is 0.714. The largest absolute Gasteiger partial charge is 0.452 e. The molecule has 1 saturated carbocycles. The highest BCUT2D eigenvalue weighted by Gasteiger charge is 2.29. The Morgan fingerprint density at radius 1 is 1.37 bits per heavy atom. The van der Waals surface area contributed by atoms with E-state index in [1.807, 2.05) is 6.07 Å². The van der Waals surface area contributed by atoms with Crippen LogP contribution in [-0.2, 0) is 6.54 Å². The molecule has 0 saturated heterocycles. The van der Waals surface area contributed by atoms with Crippen LogP contribution in [0.25, 0.3) is 0 Å². The van der Waals surface area contributed by atoms with Crippen LogP contribution in [0.15, 0.2) is 19.6 Å². The van der Waals surface area contributed by atoms with Crippen molar-refractivity contribution in [1.82, 2.24) is 4.90 Å². The lowest BCUT2D eigenvalue weighted by Gasteiger charge is -2.38. The zero-order chi connectivity index (χ0) is 13.8. The number of nitrogens with two attached hydrogens (primary N) is 1. The lowest BCUT2D eigenvalue weighted by Crippen LogP contribution is -2.44. The SMILES string of the molecule is CCN(Cc1cc(Br)c(Br)o1)C1CCCCC1CN. The quantitative estimate of drug-likeness (QED) is 0.817. The molecule has 19 heavy (non-hydrogen) atoms. The number of hydrogen-bond acceptors (Lipinski definition) is 3. The minimum absolute atomic E-state index is 0.603. The van der Waals surface area contributed by atoms with E-state index in [4.69, 9.17) is 10.2 Å². The van der Waals surface area contributed by atoms with E-state index >= 15 is 0 Å². The van der Waals surface area contributed by atoms with Crippen molar-refractivity contribution in [3.05, 3.63) is 21.0 Å². The van der Waals surface area contributed by atoms with E-state index in [9.17, 15) is 0 Å². The van der Waals surface area contributed by atoms with Gasteiger partial charge < -0.3 is 10.2 Å². The van der Waals surface area contributed by atoms with Gasteiger partial charge in [-0.1, -0.05) is 19.8 Å². The summed E-state index contributed by atoms with van der Waals surface area (Å²) in [6, 6.07) is 2.65. The van der Waals surface area contributed by atoms with Crippen LogP contribution < -0.4 is 5.73 Å². The summed E-state index contributed by atoms with van der Waals surface area (Å²) in [6.45, 7) is 4.92. The third-order valence-electron chi connectivity index (χ3n) is 4.10. The monoisotopic (exact) mass is 392 g/mol. The van der Waals surface area contributed by atoms with Crippen molar-refractivity contribution >= 4 is 31.9 Å². The van der Waals surface area contributed by atoms with Gasteiger partial charge in [-0.25, -0.2) is 0 Å². The van der Waals surface area contributed by atoms with Crippen LogP contribution in [0, 0.1) is 5.92 Å². The van der Waals surface area contributed by atoms with Crippen LogP contribution in [0.3, 0.4) is 0 Å². The first-order valence-corrected chi connectivity index (χ1v) is 8.62. The summed E-state index contributed by atoms with van der Waals surface area (Å²) in [5, 5.41) is 0. The minimum Gasteiger partial charge on any atom is -0.452 e. The summed E-state index contributed by atoms with van der Waals surface area (Å²) in [7, 11) is 0. The van der Waals surface area contributed by atoms with Crippen LogP contribution in [-0.4, -0.2) is 24.0 Å². The van der Waals surface area contributed by atoms with E-state index in [1.165, 1.54) is 25.7 Å². The molecule has 0 bridgehead atoms. The van der Waals surface area contributed by atoms with Crippen molar-refractivity contribution in [3.63, 3.8) is 0 Å². The summed E-state index contributed by atoms with van der Waals surface area (Å²) >= 11 is 6.87. The molecule has 1 aliphatic carbocycles.